The van der Waals surface area contributed by atoms with E-state index < -0.39 is 10.8 Å². The Morgan fingerprint density at radius 1 is 1.73 bits per heavy atom. The topological polar surface area (TPSA) is 42.0 Å². The van der Waals surface area contributed by atoms with E-state index in [1.807, 2.05) is 0 Å². The van der Waals surface area contributed by atoms with E-state index in [4.69, 9.17) is 11.6 Å². The number of rotatable bonds is 3. The van der Waals surface area contributed by atoms with Crippen molar-refractivity contribution in [3.05, 3.63) is 15.5 Å². The van der Waals surface area contributed by atoms with E-state index >= 15 is 0 Å². The van der Waals surface area contributed by atoms with Gasteiger partial charge in [-0.25, -0.2) is 4.98 Å². The van der Waals surface area contributed by atoms with Gasteiger partial charge >= 0.3 is 0 Å². The van der Waals surface area contributed by atoms with Gasteiger partial charge in [-0.15, -0.1) is 23.7 Å². The lowest BCUT2D eigenvalue weighted by atomic mass is 10.4. The van der Waals surface area contributed by atoms with E-state index in [0.29, 0.717) is 15.5 Å². The van der Waals surface area contributed by atoms with E-state index in [0.717, 1.165) is 24.4 Å². The molecule has 1 fully saturated rings. The summed E-state index contributed by atoms with van der Waals surface area (Å²) in [5.74, 6) is 0.594. The number of thiazole rings is 1. The Bertz CT molecular complexity index is 339. The smallest absolute Gasteiger partial charge is 0.183 e. The summed E-state index contributed by atoms with van der Waals surface area (Å²) in [7, 11) is -0.784. The van der Waals surface area contributed by atoms with Gasteiger partial charge in [-0.1, -0.05) is 11.6 Å². The molecular formula is C8H12Cl2N2OS2. The molecule has 0 aromatic carbocycles. The quantitative estimate of drug-likeness (QED) is 0.922. The molecule has 1 saturated heterocycles. The average molecular weight is 287 g/mol. The maximum Gasteiger partial charge on any atom is 0.183 e. The molecule has 1 N–H and O–H groups in total. The van der Waals surface area contributed by atoms with Gasteiger partial charge < -0.3 is 5.32 Å². The molecule has 0 bridgehead atoms. The first-order valence-corrected chi connectivity index (χ1v) is 7.01. The SMILES string of the molecule is Cl.O=[S@@](Cc1cnc(Cl)s1)[C@@H]1CCNC1. The number of hydrogen-bond donors (Lipinski definition) is 1. The van der Waals surface area contributed by atoms with Crippen LogP contribution in [0.5, 0.6) is 0 Å². The van der Waals surface area contributed by atoms with Gasteiger partial charge in [0.25, 0.3) is 0 Å². The van der Waals surface area contributed by atoms with Crippen LogP contribution in [0, 0.1) is 0 Å². The van der Waals surface area contributed by atoms with Crippen LogP contribution in [-0.2, 0) is 16.6 Å². The van der Waals surface area contributed by atoms with Crippen LogP contribution in [0.1, 0.15) is 11.3 Å². The monoisotopic (exact) mass is 286 g/mol. The van der Waals surface area contributed by atoms with Gasteiger partial charge in [0.05, 0.1) is 5.75 Å². The number of nitrogens with one attached hydrogen (secondary N) is 1. The van der Waals surface area contributed by atoms with Gasteiger partial charge in [0.1, 0.15) is 0 Å². The molecule has 1 aromatic rings. The fraction of sp³-hybridized carbons (Fsp3) is 0.625. The van der Waals surface area contributed by atoms with Crippen molar-refractivity contribution in [3.8, 4) is 0 Å². The fourth-order valence-electron chi connectivity index (χ4n) is 1.46. The third-order valence-electron chi connectivity index (χ3n) is 2.20. The molecule has 3 nitrogen and oxygen atoms in total. The van der Waals surface area contributed by atoms with Crippen LogP contribution in [-0.4, -0.2) is 27.5 Å². The minimum atomic E-state index is -0.784. The summed E-state index contributed by atoms with van der Waals surface area (Å²) in [5, 5.41) is 3.51. The number of aromatic nitrogens is 1. The van der Waals surface area contributed by atoms with Gasteiger partial charge in [-0.2, -0.15) is 0 Å². The fourth-order valence-corrected chi connectivity index (χ4v) is 4.09. The second kappa shape index (κ2) is 6.15. The molecule has 0 saturated carbocycles. The molecule has 0 spiro atoms. The lowest BCUT2D eigenvalue weighted by Crippen LogP contribution is -2.19. The molecule has 1 aromatic heterocycles. The van der Waals surface area contributed by atoms with Crippen LogP contribution in [0.15, 0.2) is 6.20 Å². The molecule has 86 valence electrons. The Hall–Kier alpha value is 0.320. The van der Waals surface area contributed by atoms with E-state index in [2.05, 4.69) is 10.3 Å². The molecular weight excluding hydrogens is 275 g/mol. The van der Waals surface area contributed by atoms with Crippen molar-refractivity contribution < 1.29 is 4.21 Å². The summed E-state index contributed by atoms with van der Waals surface area (Å²) in [5.41, 5.74) is 0. The predicted molar refractivity (Wildman–Crippen MR) is 67.5 cm³/mol. The Balaban J connectivity index is 0.00000112. The second-order valence-corrected chi connectivity index (χ2v) is 6.63. The molecule has 2 rings (SSSR count). The van der Waals surface area contributed by atoms with E-state index in [-0.39, 0.29) is 12.4 Å². The molecule has 0 amide bonds. The first kappa shape index (κ1) is 13.4. The van der Waals surface area contributed by atoms with Crippen LogP contribution in [0.25, 0.3) is 0 Å². The van der Waals surface area contributed by atoms with Gasteiger partial charge in [0, 0.05) is 33.7 Å². The third kappa shape index (κ3) is 3.67. The molecule has 0 unspecified atom stereocenters. The van der Waals surface area contributed by atoms with Crippen LogP contribution < -0.4 is 5.32 Å². The summed E-state index contributed by atoms with van der Waals surface area (Å²) in [6.45, 7) is 1.86. The lowest BCUT2D eigenvalue weighted by molar-refractivity contribution is 0.672. The van der Waals surface area contributed by atoms with E-state index in [9.17, 15) is 4.21 Å². The highest BCUT2D eigenvalue weighted by molar-refractivity contribution is 7.85. The molecule has 1 aliphatic rings. The zero-order valence-electron chi connectivity index (χ0n) is 7.94. The third-order valence-corrected chi connectivity index (χ3v) is 5.24. The molecule has 0 radical (unpaired) electrons. The van der Waals surface area contributed by atoms with E-state index in [1.165, 1.54) is 11.3 Å². The lowest BCUT2D eigenvalue weighted by Gasteiger charge is -2.06. The Kier molecular flexibility index (Phi) is 5.49. The summed E-state index contributed by atoms with van der Waals surface area (Å²) in [6, 6.07) is 0. The molecule has 1 aliphatic heterocycles. The van der Waals surface area contributed by atoms with Gasteiger partial charge in [-0.05, 0) is 13.0 Å². The molecule has 0 aliphatic carbocycles. The van der Waals surface area contributed by atoms with Crippen molar-refractivity contribution in [1.29, 1.82) is 0 Å². The molecule has 15 heavy (non-hydrogen) atoms. The van der Waals surface area contributed by atoms with E-state index in [1.54, 1.807) is 6.20 Å². The highest BCUT2D eigenvalue weighted by atomic mass is 35.5. The number of hydrogen-bond acceptors (Lipinski definition) is 4. The van der Waals surface area contributed by atoms with Crippen molar-refractivity contribution in [3.63, 3.8) is 0 Å². The van der Waals surface area contributed by atoms with Gasteiger partial charge in [0.2, 0.25) is 0 Å². The molecule has 2 atom stereocenters. The summed E-state index contributed by atoms with van der Waals surface area (Å²) >= 11 is 7.12. The molecule has 2 heterocycles. The van der Waals surface area contributed by atoms with Crippen LogP contribution in [0.4, 0.5) is 0 Å². The number of nitrogens with zero attached hydrogens (tertiary/aromatic N) is 1. The highest BCUT2D eigenvalue weighted by Crippen LogP contribution is 2.21. The molecule has 7 heteroatoms. The summed E-state index contributed by atoms with van der Waals surface area (Å²) < 4.78 is 12.4. The largest absolute Gasteiger partial charge is 0.315 e. The maximum atomic E-state index is 11.8. The average Bonchev–Trinajstić information content (AvgIpc) is 2.75. The van der Waals surface area contributed by atoms with Crippen molar-refractivity contribution in [2.24, 2.45) is 0 Å². The first-order chi connectivity index (χ1) is 6.75. The van der Waals surface area contributed by atoms with Gasteiger partial charge in [-0.3, -0.25) is 4.21 Å². The first-order valence-electron chi connectivity index (χ1n) is 4.44. The minimum Gasteiger partial charge on any atom is -0.315 e. The standard InChI is InChI=1S/C8H11ClN2OS2.ClH/c9-8-11-3-6(13-8)5-14(12)7-1-2-10-4-7;/h3,7,10H,1-2,4-5H2;1H/t7-,14+;/m1./s1. The normalized spacial score (nSPS) is 22.3. The van der Waals surface area contributed by atoms with Crippen LogP contribution in [0.2, 0.25) is 4.47 Å². The van der Waals surface area contributed by atoms with Crippen molar-refractivity contribution in [2.45, 2.75) is 17.4 Å². The van der Waals surface area contributed by atoms with Crippen LogP contribution >= 0.6 is 35.3 Å². The predicted octanol–water partition coefficient (Wildman–Crippen LogP) is 1.83. The Morgan fingerprint density at radius 3 is 3.07 bits per heavy atom. The van der Waals surface area contributed by atoms with Crippen molar-refractivity contribution in [1.82, 2.24) is 10.3 Å². The Morgan fingerprint density at radius 2 is 2.53 bits per heavy atom. The van der Waals surface area contributed by atoms with Crippen molar-refractivity contribution >= 4 is 46.1 Å². The second-order valence-electron chi connectivity index (χ2n) is 3.22. The zero-order chi connectivity index (χ0) is 9.97. The van der Waals surface area contributed by atoms with Crippen molar-refractivity contribution in [2.75, 3.05) is 13.1 Å². The summed E-state index contributed by atoms with van der Waals surface area (Å²) in [4.78, 5) is 4.94. The van der Waals surface area contributed by atoms with Gasteiger partial charge in [0.15, 0.2) is 4.47 Å². The highest BCUT2D eigenvalue weighted by Gasteiger charge is 2.21. The Labute approximate surface area is 106 Å². The minimum absolute atomic E-state index is 0. The number of halogens is 2. The van der Waals surface area contributed by atoms with Crippen LogP contribution in [0.3, 0.4) is 0 Å². The summed E-state index contributed by atoms with van der Waals surface area (Å²) in [6.07, 6.45) is 2.73. The zero-order valence-corrected chi connectivity index (χ0v) is 11.1. The maximum absolute atomic E-state index is 11.8.